The average molecular weight is 408 g/mol. The smallest absolute Gasteiger partial charge is 0.295 e. The molecule has 0 aromatic heterocycles. The van der Waals surface area contributed by atoms with Gasteiger partial charge in [0.25, 0.3) is 11.7 Å². The number of hydrogen-bond acceptors (Lipinski definition) is 4. The standard InChI is InChI=1S/C25H29NO4/c1-6-7-11-26-21(18-10-8-9-15(2)13-18)20(23(28)25(26)29)22(27)19-14-16(3)12-17(4)24(19)30-5/h8-10,12-14,21,27H,6-7,11H2,1-5H3/b22-20+. The van der Waals surface area contributed by atoms with Crippen molar-refractivity contribution in [2.45, 2.75) is 46.6 Å². The lowest BCUT2D eigenvalue weighted by Gasteiger charge is -2.25. The Morgan fingerprint density at radius 3 is 2.47 bits per heavy atom. The van der Waals surface area contributed by atoms with Gasteiger partial charge in [-0.3, -0.25) is 9.59 Å². The Bertz CT molecular complexity index is 1020. The van der Waals surface area contributed by atoms with Crippen LogP contribution in [0.1, 0.15) is 53.6 Å². The summed E-state index contributed by atoms with van der Waals surface area (Å²) in [4.78, 5) is 27.6. The van der Waals surface area contributed by atoms with Crippen LogP contribution in [0.2, 0.25) is 0 Å². The fourth-order valence-corrected chi connectivity index (χ4v) is 4.17. The molecule has 1 fully saturated rings. The maximum atomic E-state index is 13.1. The van der Waals surface area contributed by atoms with Crippen molar-refractivity contribution in [3.63, 3.8) is 0 Å². The van der Waals surface area contributed by atoms with Crippen LogP contribution in [0.3, 0.4) is 0 Å². The summed E-state index contributed by atoms with van der Waals surface area (Å²) in [6, 6.07) is 10.8. The second kappa shape index (κ2) is 8.74. The van der Waals surface area contributed by atoms with Gasteiger partial charge in [-0.1, -0.05) is 49.2 Å². The maximum absolute atomic E-state index is 13.1. The van der Waals surface area contributed by atoms with Gasteiger partial charge in [-0.2, -0.15) is 0 Å². The normalized spacial score (nSPS) is 18.2. The van der Waals surface area contributed by atoms with Gasteiger partial charge < -0.3 is 14.7 Å². The molecule has 30 heavy (non-hydrogen) atoms. The number of ketones is 1. The van der Waals surface area contributed by atoms with Crippen molar-refractivity contribution >= 4 is 17.4 Å². The Labute approximate surface area is 178 Å². The van der Waals surface area contributed by atoms with Crippen LogP contribution in [0.4, 0.5) is 0 Å². The molecular weight excluding hydrogens is 378 g/mol. The first-order valence-electron chi connectivity index (χ1n) is 10.3. The number of aliphatic hydroxyl groups excluding tert-OH is 1. The zero-order chi connectivity index (χ0) is 22.0. The average Bonchev–Trinajstić information content (AvgIpc) is 2.96. The quantitative estimate of drug-likeness (QED) is 0.423. The van der Waals surface area contributed by atoms with Crippen LogP contribution < -0.4 is 4.74 Å². The molecule has 1 atom stereocenters. The number of hydrogen-bond donors (Lipinski definition) is 1. The lowest BCUT2D eigenvalue weighted by atomic mass is 9.93. The number of aliphatic hydroxyl groups is 1. The summed E-state index contributed by atoms with van der Waals surface area (Å²) in [7, 11) is 1.53. The van der Waals surface area contributed by atoms with Crippen molar-refractivity contribution in [3.05, 3.63) is 69.8 Å². The first kappa shape index (κ1) is 21.6. The monoisotopic (exact) mass is 407 g/mol. The number of aryl methyl sites for hydroxylation is 3. The molecule has 0 aliphatic carbocycles. The van der Waals surface area contributed by atoms with E-state index in [1.165, 1.54) is 7.11 Å². The van der Waals surface area contributed by atoms with Gasteiger partial charge in [-0.05, 0) is 49.9 Å². The molecule has 2 aromatic carbocycles. The van der Waals surface area contributed by atoms with E-state index in [2.05, 4.69) is 0 Å². The zero-order valence-corrected chi connectivity index (χ0v) is 18.3. The molecule has 0 radical (unpaired) electrons. The fraction of sp³-hybridized carbons (Fsp3) is 0.360. The van der Waals surface area contributed by atoms with Crippen LogP contribution in [-0.2, 0) is 9.59 Å². The van der Waals surface area contributed by atoms with Crippen LogP contribution in [0.15, 0.2) is 42.0 Å². The Kier molecular flexibility index (Phi) is 6.30. The number of likely N-dealkylation sites (tertiary alicyclic amines) is 1. The molecule has 0 bridgehead atoms. The van der Waals surface area contributed by atoms with E-state index >= 15 is 0 Å². The van der Waals surface area contributed by atoms with Gasteiger partial charge in [0.05, 0.1) is 24.3 Å². The van der Waals surface area contributed by atoms with Crippen molar-refractivity contribution in [1.82, 2.24) is 4.90 Å². The third-order valence-corrected chi connectivity index (χ3v) is 5.53. The molecule has 1 amide bonds. The molecule has 3 rings (SSSR count). The number of benzene rings is 2. The minimum atomic E-state index is -0.656. The Hall–Kier alpha value is -3.08. The van der Waals surface area contributed by atoms with E-state index in [4.69, 9.17) is 4.74 Å². The van der Waals surface area contributed by atoms with Crippen molar-refractivity contribution < 1.29 is 19.4 Å². The highest BCUT2D eigenvalue weighted by Crippen LogP contribution is 2.42. The maximum Gasteiger partial charge on any atom is 0.295 e. The third-order valence-electron chi connectivity index (χ3n) is 5.53. The number of methoxy groups -OCH3 is 1. The highest BCUT2D eigenvalue weighted by atomic mass is 16.5. The lowest BCUT2D eigenvalue weighted by Crippen LogP contribution is -2.30. The Morgan fingerprint density at radius 2 is 1.83 bits per heavy atom. The largest absolute Gasteiger partial charge is 0.507 e. The molecule has 1 aliphatic rings. The summed E-state index contributed by atoms with van der Waals surface area (Å²) in [6.45, 7) is 8.27. The number of nitrogens with zero attached hydrogens (tertiary/aromatic N) is 1. The predicted molar refractivity (Wildman–Crippen MR) is 118 cm³/mol. The lowest BCUT2D eigenvalue weighted by molar-refractivity contribution is -0.139. The van der Waals surface area contributed by atoms with E-state index in [1.807, 2.05) is 58.0 Å². The topological polar surface area (TPSA) is 66.8 Å². The Morgan fingerprint density at radius 1 is 1.10 bits per heavy atom. The van der Waals surface area contributed by atoms with Gasteiger partial charge in [0, 0.05) is 6.54 Å². The summed E-state index contributed by atoms with van der Waals surface area (Å²) < 4.78 is 5.52. The fourth-order valence-electron chi connectivity index (χ4n) is 4.17. The minimum Gasteiger partial charge on any atom is -0.507 e. The first-order chi connectivity index (χ1) is 14.3. The molecule has 0 spiro atoms. The predicted octanol–water partition coefficient (Wildman–Crippen LogP) is 4.84. The summed E-state index contributed by atoms with van der Waals surface area (Å²) in [6.07, 6.45) is 1.68. The molecule has 0 saturated carbocycles. The molecule has 1 N–H and O–H groups in total. The molecule has 5 nitrogen and oxygen atoms in total. The highest BCUT2D eigenvalue weighted by molar-refractivity contribution is 6.46. The van der Waals surface area contributed by atoms with Gasteiger partial charge in [-0.25, -0.2) is 0 Å². The molecule has 2 aromatic rings. The van der Waals surface area contributed by atoms with Gasteiger partial charge in [0.2, 0.25) is 0 Å². The molecular formula is C25H29NO4. The minimum absolute atomic E-state index is 0.116. The molecule has 1 unspecified atom stereocenters. The molecule has 1 heterocycles. The molecule has 1 saturated heterocycles. The van der Waals surface area contributed by atoms with Crippen LogP contribution in [0, 0.1) is 20.8 Å². The van der Waals surface area contributed by atoms with E-state index in [0.29, 0.717) is 17.9 Å². The van der Waals surface area contributed by atoms with E-state index in [9.17, 15) is 14.7 Å². The van der Waals surface area contributed by atoms with Crippen LogP contribution >= 0.6 is 0 Å². The van der Waals surface area contributed by atoms with Crippen molar-refractivity contribution in [1.29, 1.82) is 0 Å². The number of unbranched alkanes of at least 4 members (excludes halogenated alkanes) is 1. The van der Waals surface area contributed by atoms with Gasteiger partial charge >= 0.3 is 0 Å². The van der Waals surface area contributed by atoms with Crippen LogP contribution in [0.5, 0.6) is 5.75 Å². The zero-order valence-electron chi connectivity index (χ0n) is 18.3. The highest BCUT2D eigenvalue weighted by Gasteiger charge is 2.46. The van der Waals surface area contributed by atoms with Gasteiger partial charge in [-0.15, -0.1) is 0 Å². The van der Waals surface area contributed by atoms with Crippen LogP contribution in [-0.4, -0.2) is 35.4 Å². The van der Waals surface area contributed by atoms with Gasteiger partial charge in [0.15, 0.2) is 0 Å². The third kappa shape index (κ3) is 3.84. The summed E-state index contributed by atoms with van der Waals surface area (Å²) in [5.41, 5.74) is 4.17. The summed E-state index contributed by atoms with van der Waals surface area (Å²) in [5, 5.41) is 11.3. The molecule has 1 aliphatic heterocycles. The number of carbonyl (C=O) groups is 2. The molecule has 158 valence electrons. The van der Waals surface area contributed by atoms with Crippen LogP contribution in [0.25, 0.3) is 5.76 Å². The van der Waals surface area contributed by atoms with Crippen molar-refractivity contribution in [2.75, 3.05) is 13.7 Å². The van der Waals surface area contributed by atoms with E-state index in [0.717, 1.165) is 35.1 Å². The number of rotatable bonds is 6. The van der Waals surface area contributed by atoms with E-state index < -0.39 is 17.7 Å². The SMILES string of the molecule is CCCCN1C(=O)C(=O)/C(=C(/O)c2cc(C)cc(C)c2OC)C1c1cccc(C)c1. The summed E-state index contributed by atoms with van der Waals surface area (Å²) >= 11 is 0. The number of ether oxygens (including phenoxy) is 1. The second-order valence-electron chi connectivity index (χ2n) is 7.92. The number of amides is 1. The molecule has 5 heteroatoms. The van der Waals surface area contributed by atoms with E-state index in [1.54, 1.807) is 11.0 Å². The Balaban J connectivity index is 2.27. The second-order valence-corrected chi connectivity index (χ2v) is 7.92. The first-order valence-corrected chi connectivity index (χ1v) is 10.3. The summed E-state index contributed by atoms with van der Waals surface area (Å²) in [5.74, 6) is -0.917. The van der Waals surface area contributed by atoms with E-state index in [-0.39, 0.29) is 11.3 Å². The number of Topliss-reactive ketones (excluding diaryl/α,β-unsaturated/α-hetero) is 1. The van der Waals surface area contributed by atoms with Gasteiger partial charge in [0.1, 0.15) is 11.5 Å². The van der Waals surface area contributed by atoms with Crippen molar-refractivity contribution in [2.24, 2.45) is 0 Å². The number of carbonyl (C=O) groups excluding carboxylic acids is 2. The van der Waals surface area contributed by atoms with Crippen molar-refractivity contribution in [3.8, 4) is 5.75 Å².